The van der Waals surface area contributed by atoms with Gasteiger partial charge in [-0.3, -0.25) is 0 Å². The molecule has 1 aliphatic carbocycles. The molecule has 5 heteroatoms. The minimum Gasteiger partial charge on any atom is -0.217 e. The van der Waals surface area contributed by atoms with Crippen molar-refractivity contribution >= 4 is 0 Å². The lowest BCUT2D eigenvalue weighted by atomic mass is 10.3. The van der Waals surface area contributed by atoms with Crippen LogP contribution in [0, 0.1) is 11.6 Å². The Labute approximate surface area is 90.7 Å². The highest BCUT2D eigenvalue weighted by atomic mass is 19.2. The largest absolute Gasteiger partial charge is 0.217 e. The number of nitrogens with zero attached hydrogens (tertiary/aromatic N) is 3. The van der Waals surface area contributed by atoms with Gasteiger partial charge in [-0.1, -0.05) is 11.3 Å². The van der Waals surface area contributed by atoms with Crippen LogP contribution in [-0.2, 0) is 0 Å². The second-order valence-corrected chi connectivity index (χ2v) is 3.94. The average molecular weight is 221 g/mol. The fourth-order valence-corrected chi connectivity index (χ4v) is 1.63. The molecule has 0 bridgehead atoms. The van der Waals surface area contributed by atoms with Gasteiger partial charge in [0.15, 0.2) is 11.6 Å². The summed E-state index contributed by atoms with van der Waals surface area (Å²) in [7, 11) is 0. The summed E-state index contributed by atoms with van der Waals surface area (Å²) in [6, 6.07) is 4.01. The van der Waals surface area contributed by atoms with E-state index >= 15 is 0 Å². The molecule has 0 unspecified atom stereocenters. The number of aromatic nitrogens is 3. The number of rotatable bonds is 2. The van der Waals surface area contributed by atoms with Gasteiger partial charge < -0.3 is 0 Å². The third-order valence-corrected chi connectivity index (χ3v) is 2.68. The fraction of sp³-hybridized carbons (Fsp3) is 0.273. The van der Waals surface area contributed by atoms with Crippen molar-refractivity contribution in [1.29, 1.82) is 0 Å². The Bertz CT molecular complexity index is 532. The van der Waals surface area contributed by atoms with Gasteiger partial charge in [0.05, 0.1) is 11.9 Å². The van der Waals surface area contributed by atoms with E-state index in [1.54, 1.807) is 6.20 Å². The van der Waals surface area contributed by atoms with Gasteiger partial charge in [-0.05, 0) is 25.0 Å². The summed E-state index contributed by atoms with van der Waals surface area (Å²) in [5.41, 5.74) is 0.947. The van der Waals surface area contributed by atoms with E-state index in [0.29, 0.717) is 5.92 Å². The predicted molar refractivity (Wildman–Crippen MR) is 53.3 cm³/mol. The SMILES string of the molecule is Fc1cccc(-n2cc(C3CC3)nn2)c1F. The second kappa shape index (κ2) is 3.37. The number of hydrogen-bond acceptors (Lipinski definition) is 2. The summed E-state index contributed by atoms with van der Waals surface area (Å²) < 4.78 is 27.7. The molecule has 16 heavy (non-hydrogen) atoms. The molecule has 1 heterocycles. The maximum absolute atomic E-state index is 13.4. The summed E-state index contributed by atoms with van der Waals surface area (Å²) in [4.78, 5) is 0. The zero-order valence-corrected chi connectivity index (χ0v) is 8.40. The Morgan fingerprint density at radius 1 is 1.25 bits per heavy atom. The van der Waals surface area contributed by atoms with Crippen molar-refractivity contribution in [2.45, 2.75) is 18.8 Å². The smallest absolute Gasteiger partial charge is 0.184 e. The zero-order valence-electron chi connectivity index (χ0n) is 8.40. The van der Waals surface area contributed by atoms with Crippen LogP contribution >= 0.6 is 0 Å². The highest BCUT2D eigenvalue weighted by Crippen LogP contribution is 2.38. The third-order valence-electron chi connectivity index (χ3n) is 2.68. The molecule has 2 aromatic rings. The molecule has 0 atom stereocenters. The molecule has 82 valence electrons. The van der Waals surface area contributed by atoms with E-state index in [1.807, 2.05) is 0 Å². The summed E-state index contributed by atoms with van der Waals surface area (Å²) in [6.45, 7) is 0. The molecular weight excluding hydrogens is 212 g/mol. The topological polar surface area (TPSA) is 30.7 Å². The maximum atomic E-state index is 13.4. The quantitative estimate of drug-likeness (QED) is 0.779. The number of halogens is 2. The Hall–Kier alpha value is -1.78. The Morgan fingerprint density at radius 2 is 2.06 bits per heavy atom. The van der Waals surface area contributed by atoms with Crippen molar-refractivity contribution in [2.75, 3.05) is 0 Å². The summed E-state index contributed by atoms with van der Waals surface area (Å²) in [5, 5.41) is 7.76. The summed E-state index contributed by atoms with van der Waals surface area (Å²) in [6.07, 6.45) is 3.87. The average Bonchev–Trinajstić information content (AvgIpc) is 3.02. The lowest BCUT2D eigenvalue weighted by molar-refractivity contribution is 0.500. The van der Waals surface area contributed by atoms with Gasteiger partial charge in [0.1, 0.15) is 5.69 Å². The van der Waals surface area contributed by atoms with Crippen LogP contribution in [0.4, 0.5) is 8.78 Å². The molecule has 1 fully saturated rings. The molecule has 0 aliphatic heterocycles. The molecule has 3 nitrogen and oxygen atoms in total. The third kappa shape index (κ3) is 1.48. The van der Waals surface area contributed by atoms with Crippen molar-refractivity contribution in [1.82, 2.24) is 15.0 Å². The van der Waals surface area contributed by atoms with Crippen molar-refractivity contribution in [3.05, 3.63) is 41.7 Å². The normalized spacial score (nSPS) is 15.4. The monoisotopic (exact) mass is 221 g/mol. The molecule has 3 rings (SSSR count). The van der Waals surface area contributed by atoms with Crippen LogP contribution in [0.1, 0.15) is 24.5 Å². The van der Waals surface area contributed by atoms with E-state index in [-0.39, 0.29) is 5.69 Å². The Balaban J connectivity index is 2.03. The molecule has 0 amide bonds. The fourth-order valence-electron chi connectivity index (χ4n) is 1.63. The Morgan fingerprint density at radius 3 is 2.81 bits per heavy atom. The molecule has 1 aliphatic rings. The van der Waals surface area contributed by atoms with Gasteiger partial charge in [0, 0.05) is 5.92 Å². The minimum atomic E-state index is -0.894. The van der Waals surface area contributed by atoms with E-state index in [4.69, 9.17) is 0 Å². The lowest BCUT2D eigenvalue weighted by Crippen LogP contribution is -2.00. The molecule has 0 saturated heterocycles. The van der Waals surface area contributed by atoms with Crippen molar-refractivity contribution in [3.8, 4) is 5.69 Å². The first-order valence-corrected chi connectivity index (χ1v) is 5.12. The van der Waals surface area contributed by atoms with E-state index in [9.17, 15) is 8.78 Å². The molecule has 0 N–H and O–H groups in total. The van der Waals surface area contributed by atoms with Crippen LogP contribution in [-0.4, -0.2) is 15.0 Å². The predicted octanol–water partition coefficient (Wildman–Crippen LogP) is 2.42. The minimum absolute atomic E-state index is 0.0967. The number of benzene rings is 1. The van der Waals surface area contributed by atoms with Crippen LogP contribution in [0.25, 0.3) is 5.69 Å². The lowest BCUT2D eigenvalue weighted by Gasteiger charge is -2.01. The van der Waals surface area contributed by atoms with E-state index in [1.165, 1.54) is 16.8 Å². The first-order chi connectivity index (χ1) is 7.75. The first-order valence-electron chi connectivity index (χ1n) is 5.12. The van der Waals surface area contributed by atoms with Gasteiger partial charge in [-0.25, -0.2) is 13.5 Å². The molecule has 0 radical (unpaired) electrons. The van der Waals surface area contributed by atoms with Crippen LogP contribution in [0.5, 0.6) is 0 Å². The van der Waals surface area contributed by atoms with Crippen LogP contribution in [0.15, 0.2) is 24.4 Å². The van der Waals surface area contributed by atoms with E-state index in [2.05, 4.69) is 10.3 Å². The zero-order chi connectivity index (χ0) is 11.1. The standard InChI is InChI=1S/C11H9F2N3/c12-8-2-1-3-10(11(8)13)16-6-9(14-15-16)7-4-5-7/h1-3,6-7H,4-5H2. The first kappa shape index (κ1) is 9.45. The van der Waals surface area contributed by atoms with Gasteiger partial charge in [0.25, 0.3) is 0 Å². The molecule has 1 aromatic heterocycles. The summed E-state index contributed by atoms with van der Waals surface area (Å²) in [5.74, 6) is -1.32. The van der Waals surface area contributed by atoms with Crippen molar-refractivity contribution in [2.24, 2.45) is 0 Å². The van der Waals surface area contributed by atoms with Crippen molar-refractivity contribution in [3.63, 3.8) is 0 Å². The molecule has 1 aromatic carbocycles. The molecular formula is C11H9F2N3. The summed E-state index contributed by atoms with van der Waals surface area (Å²) >= 11 is 0. The van der Waals surface area contributed by atoms with Crippen LogP contribution in [0.3, 0.4) is 0 Å². The highest BCUT2D eigenvalue weighted by Gasteiger charge is 2.27. The maximum Gasteiger partial charge on any atom is 0.184 e. The van der Waals surface area contributed by atoms with Crippen LogP contribution in [0.2, 0.25) is 0 Å². The second-order valence-electron chi connectivity index (χ2n) is 3.94. The van der Waals surface area contributed by atoms with Gasteiger partial charge in [-0.15, -0.1) is 5.10 Å². The van der Waals surface area contributed by atoms with Gasteiger partial charge in [0.2, 0.25) is 0 Å². The van der Waals surface area contributed by atoms with Crippen molar-refractivity contribution < 1.29 is 8.78 Å². The Kier molecular flexibility index (Phi) is 1.99. The number of hydrogen-bond donors (Lipinski definition) is 0. The van der Waals surface area contributed by atoms with E-state index in [0.717, 1.165) is 24.6 Å². The van der Waals surface area contributed by atoms with Crippen LogP contribution < -0.4 is 0 Å². The van der Waals surface area contributed by atoms with Gasteiger partial charge >= 0.3 is 0 Å². The van der Waals surface area contributed by atoms with E-state index < -0.39 is 11.6 Å². The molecule has 0 spiro atoms. The highest BCUT2D eigenvalue weighted by molar-refractivity contribution is 5.33. The van der Waals surface area contributed by atoms with Gasteiger partial charge in [-0.2, -0.15) is 0 Å². The molecule has 1 saturated carbocycles.